The number of anilines is 1. The molecule has 0 saturated heterocycles. The number of hydrogen-bond acceptors (Lipinski definition) is 3. The van der Waals surface area contributed by atoms with Gasteiger partial charge in [-0.15, -0.1) is 0 Å². The predicted octanol–water partition coefficient (Wildman–Crippen LogP) is 4.53. The lowest BCUT2D eigenvalue weighted by atomic mass is 10.0. The highest BCUT2D eigenvalue weighted by molar-refractivity contribution is 9.10. The summed E-state index contributed by atoms with van der Waals surface area (Å²) in [5, 5.41) is 3.22. The standard InChI is InChI=1S/C18H18BrF3N2O2S/c19-16-7-4-8-17-15(16)12-24(27(25,26)18(20,21)22)11-14(23-17)10-9-13-5-2-1-3-6-13/h1-8,14,23H,9-12H2. The van der Waals surface area contributed by atoms with Crippen LogP contribution in [0, 0.1) is 0 Å². The Balaban J connectivity index is 1.90. The maximum Gasteiger partial charge on any atom is 0.511 e. The predicted molar refractivity (Wildman–Crippen MR) is 102 cm³/mol. The van der Waals surface area contributed by atoms with Gasteiger partial charge in [0.1, 0.15) is 0 Å². The van der Waals surface area contributed by atoms with Crippen LogP contribution in [0.1, 0.15) is 17.5 Å². The molecule has 0 fully saturated rings. The molecule has 0 aliphatic carbocycles. The third kappa shape index (κ3) is 4.47. The van der Waals surface area contributed by atoms with Crippen molar-refractivity contribution in [2.45, 2.75) is 30.9 Å². The summed E-state index contributed by atoms with van der Waals surface area (Å²) in [6, 6.07) is 14.3. The molecule has 1 atom stereocenters. The second kappa shape index (κ2) is 7.81. The van der Waals surface area contributed by atoms with Crippen molar-refractivity contribution in [3.8, 4) is 0 Å². The van der Waals surface area contributed by atoms with Crippen LogP contribution in [-0.4, -0.2) is 30.8 Å². The fraction of sp³-hybridized carbons (Fsp3) is 0.333. The number of alkyl halides is 3. The van der Waals surface area contributed by atoms with E-state index in [9.17, 15) is 21.6 Å². The van der Waals surface area contributed by atoms with E-state index in [-0.39, 0.29) is 13.1 Å². The maximum absolute atomic E-state index is 13.1. The van der Waals surface area contributed by atoms with Crippen LogP contribution >= 0.6 is 15.9 Å². The van der Waals surface area contributed by atoms with E-state index in [1.807, 2.05) is 30.3 Å². The Morgan fingerprint density at radius 3 is 2.48 bits per heavy atom. The zero-order valence-corrected chi connectivity index (χ0v) is 16.6. The van der Waals surface area contributed by atoms with Crippen LogP contribution < -0.4 is 5.32 Å². The number of rotatable bonds is 4. The van der Waals surface area contributed by atoms with Gasteiger partial charge in [-0.3, -0.25) is 0 Å². The van der Waals surface area contributed by atoms with Crippen molar-refractivity contribution in [1.82, 2.24) is 4.31 Å². The van der Waals surface area contributed by atoms with Gasteiger partial charge < -0.3 is 5.32 Å². The molecule has 0 amide bonds. The van der Waals surface area contributed by atoms with Gasteiger partial charge in [0.25, 0.3) is 0 Å². The van der Waals surface area contributed by atoms with Crippen molar-refractivity contribution in [2.24, 2.45) is 0 Å². The summed E-state index contributed by atoms with van der Waals surface area (Å²) >= 11 is 3.31. The van der Waals surface area contributed by atoms with Gasteiger partial charge in [0.05, 0.1) is 0 Å². The van der Waals surface area contributed by atoms with Gasteiger partial charge in [0.2, 0.25) is 0 Å². The van der Waals surface area contributed by atoms with Gasteiger partial charge in [-0.2, -0.15) is 17.5 Å². The highest BCUT2D eigenvalue weighted by Gasteiger charge is 2.50. The summed E-state index contributed by atoms with van der Waals surface area (Å²) in [6.07, 6.45) is 1.13. The average molecular weight is 463 g/mol. The molecule has 3 rings (SSSR count). The number of nitrogens with one attached hydrogen (secondary N) is 1. The fourth-order valence-corrected chi connectivity index (χ4v) is 4.54. The number of sulfonamides is 1. The van der Waals surface area contributed by atoms with Crippen LogP contribution in [0.5, 0.6) is 0 Å². The SMILES string of the molecule is O=S(=O)(N1Cc2c(Br)cccc2NC(CCc2ccccc2)C1)C(F)(F)F. The Morgan fingerprint density at radius 1 is 1.11 bits per heavy atom. The minimum Gasteiger partial charge on any atom is -0.381 e. The van der Waals surface area contributed by atoms with Crippen LogP contribution in [0.15, 0.2) is 53.0 Å². The Bertz CT molecular complexity index is 905. The fourth-order valence-electron chi connectivity index (χ4n) is 3.09. The lowest BCUT2D eigenvalue weighted by molar-refractivity contribution is -0.0491. The van der Waals surface area contributed by atoms with Crippen molar-refractivity contribution in [2.75, 3.05) is 11.9 Å². The minimum absolute atomic E-state index is 0.254. The van der Waals surface area contributed by atoms with Crippen LogP contribution in [0.3, 0.4) is 0 Å². The third-order valence-corrected chi connectivity index (χ3v) is 6.78. The van der Waals surface area contributed by atoms with E-state index < -0.39 is 21.6 Å². The van der Waals surface area contributed by atoms with Gasteiger partial charge in [-0.05, 0) is 30.5 Å². The number of nitrogens with zero attached hydrogens (tertiary/aromatic N) is 1. The van der Waals surface area contributed by atoms with Gasteiger partial charge >= 0.3 is 15.5 Å². The van der Waals surface area contributed by atoms with Crippen molar-refractivity contribution >= 4 is 31.6 Å². The van der Waals surface area contributed by atoms with Crippen LogP contribution in [0.25, 0.3) is 0 Å². The molecule has 0 aromatic heterocycles. The van der Waals surface area contributed by atoms with Crippen molar-refractivity contribution in [3.63, 3.8) is 0 Å². The molecular weight excluding hydrogens is 445 g/mol. The minimum atomic E-state index is -5.43. The van der Waals surface area contributed by atoms with Gasteiger partial charge in [-0.25, -0.2) is 8.42 Å². The summed E-state index contributed by atoms with van der Waals surface area (Å²) in [4.78, 5) is 0. The molecule has 146 valence electrons. The molecule has 1 unspecified atom stereocenters. The molecule has 9 heteroatoms. The molecule has 1 aliphatic rings. The van der Waals surface area contributed by atoms with Crippen LogP contribution in [0.2, 0.25) is 0 Å². The highest BCUT2D eigenvalue weighted by Crippen LogP contribution is 2.35. The van der Waals surface area contributed by atoms with E-state index in [0.717, 1.165) is 5.56 Å². The molecule has 27 heavy (non-hydrogen) atoms. The summed E-state index contributed by atoms with van der Waals surface area (Å²) in [5.74, 6) is 0. The van der Waals surface area contributed by atoms with Gasteiger partial charge in [0.15, 0.2) is 0 Å². The Labute approximate surface area is 164 Å². The molecule has 2 aromatic rings. The number of aryl methyl sites for hydroxylation is 1. The first-order chi connectivity index (χ1) is 12.7. The topological polar surface area (TPSA) is 49.4 Å². The molecule has 0 radical (unpaired) electrons. The zero-order valence-electron chi connectivity index (χ0n) is 14.2. The second-order valence-electron chi connectivity index (χ2n) is 6.37. The number of hydrogen-bond donors (Lipinski definition) is 1. The van der Waals surface area contributed by atoms with E-state index in [0.29, 0.717) is 32.9 Å². The largest absolute Gasteiger partial charge is 0.511 e. The monoisotopic (exact) mass is 462 g/mol. The Kier molecular flexibility index (Phi) is 5.83. The third-order valence-electron chi connectivity index (χ3n) is 4.49. The summed E-state index contributed by atoms with van der Waals surface area (Å²) in [7, 11) is -5.43. The molecular formula is C18H18BrF3N2O2S. The van der Waals surface area contributed by atoms with Crippen molar-refractivity contribution in [3.05, 3.63) is 64.1 Å². The van der Waals surface area contributed by atoms with Crippen molar-refractivity contribution < 1.29 is 21.6 Å². The number of fused-ring (bicyclic) bond motifs is 1. The Morgan fingerprint density at radius 2 is 1.81 bits per heavy atom. The number of halogens is 4. The van der Waals surface area contributed by atoms with E-state index in [2.05, 4.69) is 21.2 Å². The molecule has 0 spiro atoms. The summed E-state index contributed by atoms with van der Waals surface area (Å²) < 4.78 is 64.6. The average Bonchev–Trinajstić information content (AvgIpc) is 2.80. The maximum atomic E-state index is 13.1. The second-order valence-corrected chi connectivity index (χ2v) is 9.16. The lowest BCUT2D eigenvalue weighted by Crippen LogP contribution is -2.44. The molecule has 0 bridgehead atoms. The molecule has 4 nitrogen and oxygen atoms in total. The van der Waals surface area contributed by atoms with E-state index in [1.54, 1.807) is 18.2 Å². The van der Waals surface area contributed by atoms with Gasteiger partial charge in [0, 0.05) is 34.9 Å². The molecule has 2 aromatic carbocycles. The van der Waals surface area contributed by atoms with E-state index in [4.69, 9.17) is 0 Å². The summed E-state index contributed by atoms with van der Waals surface area (Å²) in [6.45, 7) is -0.594. The summed E-state index contributed by atoms with van der Waals surface area (Å²) in [5.41, 5.74) is -3.15. The van der Waals surface area contributed by atoms with Crippen LogP contribution in [0.4, 0.5) is 18.9 Å². The smallest absolute Gasteiger partial charge is 0.381 e. The molecule has 1 heterocycles. The van der Waals surface area contributed by atoms with Gasteiger partial charge in [-0.1, -0.05) is 52.3 Å². The quantitative estimate of drug-likeness (QED) is 0.725. The molecule has 1 N–H and O–H groups in total. The first kappa shape index (κ1) is 20.2. The Hall–Kier alpha value is -1.58. The first-order valence-electron chi connectivity index (χ1n) is 8.33. The first-order valence-corrected chi connectivity index (χ1v) is 10.6. The normalized spacial score (nSPS) is 18.4. The molecule has 0 saturated carbocycles. The lowest BCUT2D eigenvalue weighted by Gasteiger charge is -2.25. The van der Waals surface area contributed by atoms with E-state index in [1.165, 1.54) is 0 Å². The van der Waals surface area contributed by atoms with Crippen LogP contribution in [-0.2, 0) is 23.0 Å². The highest BCUT2D eigenvalue weighted by atomic mass is 79.9. The number of benzene rings is 2. The van der Waals surface area contributed by atoms with E-state index >= 15 is 0 Å². The molecule has 1 aliphatic heterocycles. The van der Waals surface area contributed by atoms with Crippen molar-refractivity contribution in [1.29, 1.82) is 0 Å². The zero-order chi connectivity index (χ0) is 19.7.